The summed E-state index contributed by atoms with van der Waals surface area (Å²) in [4.78, 5) is 15.7. The summed E-state index contributed by atoms with van der Waals surface area (Å²) >= 11 is 0. The number of Topliss-reactive ketones (excluding diaryl/α,β-unsaturated/α-hetero) is 1. The molecule has 0 saturated carbocycles. The number of carbonyl (C=O) groups excluding carboxylic acids is 1. The van der Waals surface area contributed by atoms with E-state index >= 15 is 0 Å². The van der Waals surface area contributed by atoms with Crippen LogP contribution in [0.1, 0.15) is 16.9 Å². The predicted octanol–water partition coefficient (Wildman–Crippen LogP) is 1.15. The molecule has 2 heterocycles. The van der Waals surface area contributed by atoms with E-state index < -0.39 is 0 Å². The van der Waals surface area contributed by atoms with Crippen LogP contribution in [-0.2, 0) is 4.74 Å². The summed E-state index contributed by atoms with van der Waals surface area (Å²) in [6.07, 6.45) is 2.14. The Kier molecular flexibility index (Phi) is 2.18. The number of hydrogen-bond donors (Lipinski definition) is 1. The lowest BCUT2D eigenvalue weighted by molar-refractivity contribution is 0.102. The van der Waals surface area contributed by atoms with Crippen molar-refractivity contribution in [2.75, 3.05) is 12.3 Å². The third kappa shape index (κ3) is 1.59. The fourth-order valence-corrected chi connectivity index (χ4v) is 1.30. The first-order valence-electron chi connectivity index (χ1n) is 4.35. The van der Waals surface area contributed by atoms with E-state index in [2.05, 4.69) is 4.98 Å². The summed E-state index contributed by atoms with van der Waals surface area (Å²) in [5.41, 5.74) is 6.51. The van der Waals surface area contributed by atoms with Crippen LogP contribution in [0.4, 0.5) is 5.82 Å². The molecule has 1 aromatic heterocycles. The van der Waals surface area contributed by atoms with E-state index in [9.17, 15) is 4.79 Å². The Labute approximate surface area is 81.4 Å². The van der Waals surface area contributed by atoms with E-state index in [1.807, 2.05) is 0 Å². The summed E-state index contributed by atoms with van der Waals surface area (Å²) in [7, 11) is 0. The van der Waals surface area contributed by atoms with Crippen molar-refractivity contribution in [1.82, 2.24) is 4.98 Å². The largest absolute Gasteiger partial charge is 0.500 e. The Hall–Kier alpha value is -1.84. The molecule has 0 aromatic carbocycles. The fraction of sp³-hybridized carbons (Fsp3) is 0.200. The minimum absolute atomic E-state index is 0.102. The molecule has 0 bridgehead atoms. The maximum atomic E-state index is 11.7. The fourth-order valence-electron chi connectivity index (χ4n) is 1.30. The molecule has 0 spiro atoms. The molecule has 72 valence electrons. The second-order valence-electron chi connectivity index (χ2n) is 3.04. The lowest BCUT2D eigenvalue weighted by atomic mass is 10.1. The molecule has 2 N–H and O–H groups in total. The van der Waals surface area contributed by atoms with Gasteiger partial charge in [-0.2, -0.15) is 0 Å². The zero-order valence-electron chi connectivity index (χ0n) is 7.56. The van der Waals surface area contributed by atoms with Gasteiger partial charge in [0, 0.05) is 12.0 Å². The molecule has 0 amide bonds. The van der Waals surface area contributed by atoms with Gasteiger partial charge < -0.3 is 10.5 Å². The van der Waals surface area contributed by atoms with Crippen molar-refractivity contribution in [3.63, 3.8) is 0 Å². The molecule has 0 fully saturated rings. The number of ketones is 1. The molecule has 4 heteroatoms. The second-order valence-corrected chi connectivity index (χ2v) is 3.04. The number of nitrogen functional groups attached to an aromatic ring is 1. The van der Waals surface area contributed by atoms with Gasteiger partial charge in [-0.05, 0) is 12.1 Å². The monoisotopic (exact) mass is 190 g/mol. The number of nitrogens with two attached hydrogens (primary N) is 1. The normalized spacial score (nSPS) is 14.7. The minimum atomic E-state index is -0.102. The van der Waals surface area contributed by atoms with Crippen LogP contribution in [0, 0.1) is 0 Å². The molecular formula is C10H10N2O2. The van der Waals surface area contributed by atoms with E-state index in [0.29, 0.717) is 30.1 Å². The van der Waals surface area contributed by atoms with Gasteiger partial charge in [-0.3, -0.25) is 4.79 Å². The van der Waals surface area contributed by atoms with Gasteiger partial charge in [0.2, 0.25) is 5.78 Å². The van der Waals surface area contributed by atoms with E-state index in [4.69, 9.17) is 10.5 Å². The number of pyridine rings is 1. The van der Waals surface area contributed by atoms with Gasteiger partial charge in [0.25, 0.3) is 0 Å². The van der Waals surface area contributed by atoms with Crippen LogP contribution in [0.5, 0.6) is 0 Å². The highest BCUT2D eigenvalue weighted by Crippen LogP contribution is 2.15. The first kappa shape index (κ1) is 8.74. The third-order valence-electron chi connectivity index (χ3n) is 2.01. The Morgan fingerprint density at radius 2 is 2.36 bits per heavy atom. The lowest BCUT2D eigenvalue weighted by Crippen LogP contribution is -2.06. The predicted molar refractivity (Wildman–Crippen MR) is 51.6 cm³/mol. The topological polar surface area (TPSA) is 65.2 Å². The maximum Gasteiger partial charge on any atom is 0.210 e. The highest BCUT2D eigenvalue weighted by Gasteiger charge is 2.17. The Morgan fingerprint density at radius 1 is 1.50 bits per heavy atom. The second kappa shape index (κ2) is 3.49. The van der Waals surface area contributed by atoms with Gasteiger partial charge in [0.05, 0.1) is 12.9 Å². The molecule has 0 unspecified atom stereocenters. The molecule has 1 aliphatic heterocycles. The number of anilines is 1. The standard InChI is InChI=1S/C10H10N2O2/c11-9-3-1-2-8(12-9)10(13)7-4-5-14-6-7/h1-3,6H,4-5H2,(H2,11,12). The average Bonchev–Trinajstić information content (AvgIpc) is 2.69. The molecule has 14 heavy (non-hydrogen) atoms. The number of aromatic nitrogens is 1. The van der Waals surface area contributed by atoms with Crippen LogP contribution in [-0.4, -0.2) is 17.4 Å². The smallest absolute Gasteiger partial charge is 0.210 e. The van der Waals surface area contributed by atoms with Crippen molar-refractivity contribution in [2.24, 2.45) is 0 Å². The van der Waals surface area contributed by atoms with Gasteiger partial charge in [-0.15, -0.1) is 0 Å². The van der Waals surface area contributed by atoms with Crippen molar-refractivity contribution in [2.45, 2.75) is 6.42 Å². The van der Waals surface area contributed by atoms with Crippen LogP contribution in [0.2, 0.25) is 0 Å². The van der Waals surface area contributed by atoms with Crippen molar-refractivity contribution < 1.29 is 9.53 Å². The van der Waals surface area contributed by atoms with Crippen LogP contribution < -0.4 is 5.73 Å². The summed E-state index contributed by atoms with van der Waals surface area (Å²) in [6.45, 7) is 0.573. The molecule has 1 aromatic rings. The van der Waals surface area contributed by atoms with Crippen molar-refractivity contribution >= 4 is 11.6 Å². The molecule has 0 saturated heterocycles. The lowest BCUT2D eigenvalue weighted by Gasteiger charge is -1.99. The molecule has 0 aliphatic carbocycles. The number of ether oxygens (including phenoxy) is 1. The Balaban J connectivity index is 2.27. The molecule has 2 rings (SSSR count). The third-order valence-corrected chi connectivity index (χ3v) is 2.01. The number of hydrogen-bond acceptors (Lipinski definition) is 4. The van der Waals surface area contributed by atoms with Crippen molar-refractivity contribution in [3.8, 4) is 0 Å². The number of nitrogens with zero attached hydrogens (tertiary/aromatic N) is 1. The average molecular weight is 190 g/mol. The SMILES string of the molecule is Nc1cccc(C(=O)C2=COCC2)n1. The van der Waals surface area contributed by atoms with Crippen LogP contribution >= 0.6 is 0 Å². The van der Waals surface area contributed by atoms with Crippen LogP contribution in [0.25, 0.3) is 0 Å². The van der Waals surface area contributed by atoms with Gasteiger partial charge in [-0.1, -0.05) is 6.07 Å². The highest BCUT2D eigenvalue weighted by atomic mass is 16.5. The number of carbonyl (C=O) groups is 1. The van der Waals surface area contributed by atoms with E-state index in [-0.39, 0.29) is 5.78 Å². The summed E-state index contributed by atoms with van der Waals surface area (Å²) in [6, 6.07) is 5.01. The Morgan fingerprint density at radius 3 is 3.00 bits per heavy atom. The molecule has 0 atom stereocenters. The van der Waals surface area contributed by atoms with Gasteiger partial charge in [0.15, 0.2) is 0 Å². The molecule has 1 aliphatic rings. The van der Waals surface area contributed by atoms with Crippen LogP contribution in [0.15, 0.2) is 30.0 Å². The quantitative estimate of drug-likeness (QED) is 0.710. The van der Waals surface area contributed by atoms with Gasteiger partial charge in [-0.25, -0.2) is 4.98 Å². The zero-order chi connectivity index (χ0) is 9.97. The highest BCUT2D eigenvalue weighted by molar-refractivity contribution is 6.07. The zero-order valence-corrected chi connectivity index (χ0v) is 7.56. The number of rotatable bonds is 2. The molecule has 4 nitrogen and oxygen atoms in total. The van der Waals surface area contributed by atoms with E-state index in [1.54, 1.807) is 18.2 Å². The van der Waals surface area contributed by atoms with E-state index in [0.717, 1.165) is 0 Å². The van der Waals surface area contributed by atoms with Crippen LogP contribution in [0.3, 0.4) is 0 Å². The summed E-state index contributed by atoms with van der Waals surface area (Å²) in [5, 5.41) is 0. The minimum Gasteiger partial charge on any atom is -0.500 e. The van der Waals surface area contributed by atoms with Gasteiger partial charge in [0.1, 0.15) is 11.5 Å². The summed E-state index contributed by atoms with van der Waals surface area (Å²) in [5.74, 6) is 0.255. The van der Waals surface area contributed by atoms with Crippen molar-refractivity contribution in [3.05, 3.63) is 35.7 Å². The van der Waals surface area contributed by atoms with Gasteiger partial charge >= 0.3 is 0 Å². The van der Waals surface area contributed by atoms with E-state index in [1.165, 1.54) is 6.26 Å². The molecule has 0 radical (unpaired) electrons. The maximum absolute atomic E-state index is 11.7. The first-order valence-corrected chi connectivity index (χ1v) is 4.35. The molecular weight excluding hydrogens is 180 g/mol. The summed E-state index contributed by atoms with van der Waals surface area (Å²) < 4.78 is 4.99. The Bertz CT molecular complexity index is 399. The van der Waals surface area contributed by atoms with Crippen molar-refractivity contribution in [1.29, 1.82) is 0 Å². The first-order chi connectivity index (χ1) is 6.77.